The lowest BCUT2D eigenvalue weighted by atomic mass is 10.2. The first-order valence-electron chi connectivity index (χ1n) is 5.82. The first kappa shape index (κ1) is 14.9. The van der Waals surface area contributed by atoms with Crippen LogP contribution in [0.15, 0.2) is 30.5 Å². The van der Waals surface area contributed by atoms with Crippen molar-refractivity contribution in [3.8, 4) is 11.6 Å². The summed E-state index contributed by atoms with van der Waals surface area (Å²) in [7, 11) is 0. The Hall–Kier alpha value is -2.00. The highest BCUT2D eigenvalue weighted by molar-refractivity contribution is 7.88. The predicted molar refractivity (Wildman–Crippen MR) is 76.2 cm³/mol. The van der Waals surface area contributed by atoms with Crippen LogP contribution in [0.25, 0.3) is 0 Å². The van der Waals surface area contributed by atoms with Crippen LogP contribution in [0, 0.1) is 0 Å². The fourth-order valence-corrected chi connectivity index (χ4v) is 2.75. The van der Waals surface area contributed by atoms with E-state index in [9.17, 15) is 17.4 Å². The average Bonchev–Trinajstić information content (AvgIpc) is 2.79. The van der Waals surface area contributed by atoms with Crippen molar-refractivity contribution in [2.75, 3.05) is 9.44 Å². The van der Waals surface area contributed by atoms with Gasteiger partial charge in [0, 0.05) is 12.3 Å². The van der Waals surface area contributed by atoms with Crippen molar-refractivity contribution in [3.05, 3.63) is 41.0 Å². The summed E-state index contributed by atoms with van der Waals surface area (Å²) in [6.07, 6.45) is -3.88. The molecule has 1 unspecified atom stereocenters. The van der Waals surface area contributed by atoms with Gasteiger partial charge in [0.25, 0.3) is 0 Å². The van der Waals surface area contributed by atoms with Gasteiger partial charge in [0.1, 0.15) is 10.8 Å². The van der Waals surface area contributed by atoms with Crippen molar-refractivity contribution < 1.29 is 22.1 Å². The molecule has 0 spiro atoms. The molecule has 1 atom stereocenters. The first-order valence-corrected chi connectivity index (χ1v) is 7.35. The zero-order valence-electron chi connectivity index (χ0n) is 10.6. The maximum Gasteiger partial charge on any atom is 0.417 e. The number of nitrogens with one attached hydrogen (secondary N) is 2. The van der Waals surface area contributed by atoms with Crippen molar-refractivity contribution in [2.24, 2.45) is 0 Å². The second-order valence-electron chi connectivity index (χ2n) is 4.29. The van der Waals surface area contributed by atoms with Gasteiger partial charge in [-0.3, -0.25) is 9.44 Å². The third-order valence-electron chi connectivity index (χ3n) is 2.75. The lowest BCUT2D eigenvalue weighted by Crippen LogP contribution is -2.05. The molecule has 0 saturated carbocycles. The Morgan fingerprint density at radius 3 is 2.59 bits per heavy atom. The van der Waals surface area contributed by atoms with Gasteiger partial charge in [-0.1, -0.05) is 11.6 Å². The number of rotatable bonds is 2. The highest BCUT2D eigenvalue weighted by Crippen LogP contribution is 2.37. The normalized spacial score (nSPS) is 16.6. The average molecular weight is 350 g/mol. The Morgan fingerprint density at radius 2 is 1.91 bits per heavy atom. The lowest BCUT2D eigenvalue weighted by molar-refractivity contribution is -0.137. The second-order valence-corrected chi connectivity index (χ2v) is 5.64. The van der Waals surface area contributed by atoms with E-state index in [2.05, 4.69) is 14.4 Å². The van der Waals surface area contributed by atoms with Gasteiger partial charge >= 0.3 is 6.18 Å². The Morgan fingerprint density at radius 1 is 1.18 bits per heavy atom. The van der Waals surface area contributed by atoms with E-state index in [1.54, 1.807) is 12.1 Å². The minimum Gasteiger partial charge on any atom is -0.437 e. The molecule has 10 heteroatoms. The fourth-order valence-electron chi connectivity index (χ4n) is 1.75. The molecule has 1 aliphatic rings. The second kappa shape index (κ2) is 5.33. The highest BCUT2D eigenvalue weighted by atomic mass is 35.5. The number of hydrogen-bond acceptors (Lipinski definition) is 3. The summed E-state index contributed by atoms with van der Waals surface area (Å²) in [5.41, 5.74) is 0.205. The third-order valence-corrected chi connectivity index (χ3v) is 3.83. The fraction of sp³-hybridized carbons (Fsp3) is 0.0833. The van der Waals surface area contributed by atoms with Gasteiger partial charge in [-0.05, 0) is 18.2 Å². The number of halogens is 4. The molecule has 2 heterocycles. The molecule has 116 valence electrons. The van der Waals surface area contributed by atoms with Gasteiger partial charge in [0.15, 0.2) is 0 Å². The van der Waals surface area contributed by atoms with E-state index < -0.39 is 22.9 Å². The molecule has 1 aromatic carbocycles. The summed E-state index contributed by atoms with van der Waals surface area (Å²) in [5, 5.41) is -0.259. The Balaban J connectivity index is 1.85. The van der Waals surface area contributed by atoms with Gasteiger partial charge in [0.2, 0.25) is 17.1 Å². The minimum atomic E-state index is -4.53. The summed E-state index contributed by atoms with van der Waals surface area (Å²) < 4.78 is 59.5. The van der Waals surface area contributed by atoms with Crippen LogP contribution in [0.4, 0.5) is 24.5 Å². The quantitative estimate of drug-likeness (QED) is 0.862. The Kier molecular flexibility index (Phi) is 3.61. The van der Waals surface area contributed by atoms with Gasteiger partial charge in [-0.25, -0.2) is 9.19 Å². The number of alkyl halides is 3. The SMILES string of the molecule is O=S1Nc2ccc(Oc3ncc(C(F)(F)F)cc3Cl)cc2N1. The molecule has 2 N–H and O–H groups in total. The van der Waals surface area contributed by atoms with E-state index >= 15 is 0 Å². The summed E-state index contributed by atoms with van der Waals surface area (Å²) >= 11 is 4.35. The number of benzene rings is 1. The molecular formula is C12H7ClF3N3O2S. The highest BCUT2D eigenvalue weighted by Gasteiger charge is 2.31. The smallest absolute Gasteiger partial charge is 0.417 e. The first-order chi connectivity index (χ1) is 10.3. The predicted octanol–water partition coefficient (Wildman–Crippen LogP) is 3.96. The maximum atomic E-state index is 12.5. The summed E-state index contributed by atoms with van der Waals surface area (Å²) in [6.45, 7) is 0. The van der Waals surface area contributed by atoms with Gasteiger partial charge in [0.05, 0.1) is 16.9 Å². The molecule has 2 aromatic rings. The molecule has 1 aromatic heterocycles. The van der Waals surface area contributed by atoms with E-state index in [0.29, 0.717) is 23.3 Å². The van der Waals surface area contributed by atoms with Crippen LogP contribution in [0.3, 0.4) is 0 Å². The van der Waals surface area contributed by atoms with Gasteiger partial charge in [-0.2, -0.15) is 13.2 Å². The van der Waals surface area contributed by atoms with Crippen LogP contribution < -0.4 is 14.2 Å². The lowest BCUT2D eigenvalue weighted by Gasteiger charge is -2.10. The van der Waals surface area contributed by atoms with Crippen molar-refractivity contribution in [3.63, 3.8) is 0 Å². The molecule has 1 aliphatic heterocycles. The molecule has 22 heavy (non-hydrogen) atoms. The summed E-state index contributed by atoms with van der Waals surface area (Å²) in [6, 6.07) is 5.43. The van der Waals surface area contributed by atoms with Crippen LogP contribution in [0.2, 0.25) is 5.02 Å². The molecule has 5 nitrogen and oxygen atoms in total. The van der Waals surface area contributed by atoms with Crippen LogP contribution in [0.1, 0.15) is 5.56 Å². The van der Waals surface area contributed by atoms with E-state index in [0.717, 1.165) is 6.07 Å². The van der Waals surface area contributed by atoms with Crippen molar-refractivity contribution in [2.45, 2.75) is 6.18 Å². The van der Waals surface area contributed by atoms with E-state index in [4.69, 9.17) is 16.3 Å². The molecular weight excluding hydrogens is 343 g/mol. The van der Waals surface area contributed by atoms with Crippen LogP contribution >= 0.6 is 11.6 Å². The van der Waals surface area contributed by atoms with Crippen molar-refractivity contribution in [1.29, 1.82) is 0 Å². The van der Waals surface area contributed by atoms with Crippen LogP contribution in [-0.4, -0.2) is 9.19 Å². The number of aromatic nitrogens is 1. The third kappa shape index (κ3) is 2.95. The standard InChI is InChI=1S/C12H7ClF3N3O2S/c13-8-3-6(12(14,15)16)5-17-11(8)21-7-1-2-9-10(4-7)19-22(20)18-9/h1-5,18-19H. The van der Waals surface area contributed by atoms with Crippen molar-refractivity contribution in [1.82, 2.24) is 4.98 Å². The molecule has 0 bridgehead atoms. The summed E-state index contributed by atoms with van der Waals surface area (Å²) in [5.74, 6) is 0.141. The number of nitrogens with zero attached hydrogens (tertiary/aromatic N) is 1. The van der Waals surface area contributed by atoms with Crippen LogP contribution in [0.5, 0.6) is 11.6 Å². The number of ether oxygens (including phenoxy) is 1. The minimum absolute atomic E-state index is 0.151. The topological polar surface area (TPSA) is 63.2 Å². The molecule has 0 amide bonds. The van der Waals surface area contributed by atoms with Crippen molar-refractivity contribution >= 4 is 34.1 Å². The number of fused-ring (bicyclic) bond motifs is 1. The molecule has 0 saturated heterocycles. The monoisotopic (exact) mass is 349 g/mol. The van der Waals surface area contributed by atoms with Crippen LogP contribution in [-0.2, 0) is 17.3 Å². The zero-order chi connectivity index (χ0) is 15.9. The zero-order valence-corrected chi connectivity index (χ0v) is 12.1. The number of pyridine rings is 1. The number of anilines is 2. The van der Waals surface area contributed by atoms with Gasteiger partial charge < -0.3 is 4.74 Å². The largest absolute Gasteiger partial charge is 0.437 e. The molecule has 0 fully saturated rings. The maximum absolute atomic E-state index is 12.5. The molecule has 0 aliphatic carbocycles. The van der Waals surface area contributed by atoms with E-state index in [1.165, 1.54) is 6.07 Å². The van der Waals surface area contributed by atoms with E-state index in [1.807, 2.05) is 0 Å². The number of hydrogen-bond donors (Lipinski definition) is 2. The van der Waals surface area contributed by atoms with Gasteiger partial charge in [-0.15, -0.1) is 0 Å². The Bertz CT molecular complexity index is 770. The van der Waals surface area contributed by atoms with E-state index in [-0.39, 0.29) is 10.9 Å². The molecule has 0 radical (unpaired) electrons. The molecule has 3 rings (SSSR count). The Labute approximate surface area is 130 Å². The summed E-state index contributed by atoms with van der Waals surface area (Å²) in [4.78, 5) is 3.58.